The lowest BCUT2D eigenvalue weighted by molar-refractivity contribution is -0.120. The minimum absolute atomic E-state index is 0.0348. The first-order valence-corrected chi connectivity index (χ1v) is 7.75. The van der Waals surface area contributed by atoms with Crippen LogP contribution in [0, 0.1) is 11.8 Å². The second-order valence-electron chi connectivity index (χ2n) is 7.14. The van der Waals surface area contributed by atoms with Crippen LogP contribution in [0.2, 0.25) is 0 Å². The van der Waals surface area contributed by atoms with Gasteiger partial charge in [-0.1, -0.05) is 0 Å². The number of likely N-dealkylation sites (tertiary alicyclic amines) is 1. The van der Waals surface area contributed by atoms with Crippen LogP contribution in [0.4, 0.5) is 16.3 Å². The third-order valence-electron chi connectivity index (χ3n) is 4.18. The zero-order valence-electron chi connectivity index (χ0n) is 13.7. The van der Waals surface area contributed by atoms with Gasteiger partial charge in [0.15, 0.2) is 0 Å². The molecule has 0 bridgehead atoms. The number of rotatable bonds is 1. The predicted molar refractivity (Wildman–Crippen MR) is 85.8 cm³/mol. The largest absolute Gasteiger partial charge is 0.444 e. The summed E-state index contributed by atoms with van der Waals surface area (Å²) in [5.74, 6) is 0.428. The van der Waals surface area contributed by atoms with Gasteiger partial charge in [0, 0.05) is 25.6 Å². The van der Waals surface area contributed by atoms with E-state index in [2.05, 4.69) is 4.98 Å². The number of nitrogens with two attached hydrogens (primary N) is 1. The number of nitrogens with zero attached hydrogens (tertiary/aromatic N) is 3. The van der Waals surface area contributed by atoms with Crippen LogP contribution < -0.4 is 10.6 Å². The highest BCUT2D eigenvalue weighted by Crippen LogP contribution is 2.35. The maximum absolute atomic E-state index is 12.6. The monoisotopic (exact) mass is 318 g/mol. The Hall–Kier alpha value is -2.31. The van der Waals surface area contributed by atoms with Crippen LogP contribution in [0.25, 0.3) is 0 Å². The summed E-state index contributed by atoms with van der Waals surface area (Å²) in [7, 11) is 0. The predicted octanol–water partition coefficient (Wildman–Crippen LogP) is 1.49. The molecule has 3 heterocycles. The number of fused-ring (bicyclic) bond motifs is 1. The summed E-state index contributed by atoms with van der Waals surface area (Å²) in [6, 6.07) is 3.48. The van der Waals surface area contributed by atoms with Gasteiger partial charge in [-0.05, 0) is 32.9 Å². The quantitative estimate of drug-likeness (QED) is 0.847. The second-order valence-corrected chi connectivity index (χ2v) is 7.14. The molecule has 2 aliphatic rings. The molecule has 1 aromatic rings. The number of carbonyl (C=O) groups is 2. The number of hydrogen-bond donors (Lipinski definition) is 1. The highest BCUT2D eigenvalue weighted by Gasteiger charge is 2.48. The van der Waals surface area contributed by atoms with E-state index in [4.69, 9.17) is 10.5 Å². The van der Waals surface area contributed by atoms with Crippen molar-refractivity contribution >= 4 is 23.5 Å². The van der Waals surface area contributed by atoms with E-state index in [1.807, 2.05) is 20.8 Å². The minimum atomic E-state index is -0.527. The SMILES string of the molecule is CC(C)(C)OC(=O)N1C[C@@H]2CN(c3ccc(N)nc3)C(=O)[C@@H]2C1. The molecule has 3 rings (SSSR count). The molecule has 7 nitrogen and oxygen atoms in total. The van der Waals surface area contributed by atoms with E-state index < -0.39 is 5.60 Å². The molecule has 7 heteroatoms. The van der Waals surface area contributed by atoms with Gasteiger partial charge < -0.3 is 20.3 Å². The van der Waals surface area contributed by atoms with Gasteiger partial charge in [0.1, 0.15) is 11.4 Å². The average Bonchev–Trinajstić information content (AvgIpc) is 2.98. The summed E-state index contributed by atoms with van der Waals surface area (Å²) in [4.78, 5) is 32.2. The van der Waals surface area contributed by atoms with Crippen molar-refractivity contribution < 1.29 is 14.3 Å². The molecule has 0 spiro atoms. The number of carbonyl (C=O) groups excluding carboxylic acids is 2. The molecule has 0 aromatic carbocycles. The molecule has 23 heavy (non-hydrogen) atoms. The van der Waals surface area contributed by atoms with Gasteiger partial charge in [0.25, 0.3) is 0 Å². The summed E-state index contributed by atoms with van der Waals surface area (Å²) in [6.07, 6.45) is 1.26. The fourth-order valence-corrected chi connectivity index (χ4v) is 3.13. The summed E-state index contributed by atoms with van der Waals surface area (Å²) >= 11 is 0. The van der Waals surface area contributed by atoms with Gasteiger partial charge in [-0.15, -0.1) is 0 Å². The molecule has 0 saturated carbocycles. The highest BCUT2D eigenvalue weighted by atomic mass is 16.6. The molecule has 124 valence electrons. The van der Waals surface area contributed by atoms with Crippen LogP contribution in [-0.2, 0) is 9.53 Å². The molecule has 0 radical (unpaired) electrons. The first-order chi connectivity index (χ1) is 10.7. The van der Waals surface area contributed by atoms with E-state index in [9.17, 15) is 9.59 Å². The molecule has 2 amide bonds. The summed E-state index contributed by atoms with van der Waals surface area (Å²) in [5.41, 5.74) is 5.81. The number of anilines is 2. The Kier molecular flexibility index (Phi) is 3.66. The lowest BCUT2D eigenvalue weighted by atomic mass is 10.0. The zero-order valence-corrected chi connectivity index (χ0v) is 13.7. The van der Waals surface area contributed by atoms with Crippen molar-refractivity contribution in [1.82, 2.24) is 9.88 Å². The molecule has 1 aromatic heterocycles. The van der Waals surface area contributed by atoms with Crippen LogP contribution in [0.5, 0.6) is 0 Å². The maximum Gasteiger partial charge on any atom is 0.410 e. The Morgan fingerprint density at radius 2 is 2.04 bits per heavy atom. The van der Waals surface area contributed by atoms with Crippen LogP contribution in [0.3, 0.4) is 0 Å². The van der Waals surface area contributed by atoms with Crippen LogP contribution in [-0.4, -0.2) is 47.1 Å². The molecule has 0 aliphatic carbocycles. The third kappa shape index (κ3) is 3.09. The minimum Gasteiger partial charge on any atom is -0.444 e. The van der Waals surface area contributed by atoms with E-state index in [1.165, 1.54) is 0 Å². The number of nitrogen functional groups attached to an aromatic ring is 1. The Morgan fingerprint density at radius 3 is 2.61 bits per heavy atom. The molecule has 2 saturated heterocycles. The smallest absolute Gasteiger partial charge is 0.410 e. The molecule has 2 N–H and O–H groups in total. The second kappa shape index (κ2) is 5.40. The summed E-state index contributed by atoms with van der Waals surface area (Å²) in [6.45, 7) is 7.06. The molecule has 0 unspecified atom stereocenters. The molecule has 2 aliphatic heterocycles. The zero-order chi connectivity index (χ0) is 16.8. The third-order valence-corrected chi connectivity index (χ3v) is 4.18. The van der Waals surface area contributed by atoms with E-state index in [1.54, 1.807) is 28.1 Å². The summed E-state index contributed by atoms with van der Waals surface area (Å²) < 4.78 is 5.38. The molecule has 2 fully saturated rings. The normalized spacial score (nSPS) is 24.0. The van der Waals surface area contributed by atoms with Crippen LogP contribution in [0.15, 0.2) is 18.3 Å². The topological polar surface area (TPSA) is 88.8 Å². The van der Waals surface area contributed by atoms with Crippen LogP contribution >= 0.6 is 0 Å². The van der Waals surface area contributed by atoms with Gasteiger partial charge in [0.05, 0.1) is 17.8 Å². The summed E-state index contributed by atoms with van der Waals surface area (Å²) in [5, 5.41) is 0. The Balaban J connectivity index is 1.67. The van der Waals surface area contributed by atoms with Crippen molar-refractivity contribution in [3.05, 3.63) is 18.3 Å². The van der Waals surface area contributed by atoms with Crippen LogP contribution in [0.1, 0.15) is 20.8 Å². The van der Waals surface area contributed by atoms with E-state index in [0.29, 0.717) is 25.5 Å². The molecular weight excluding hydrogens is 296 g/mol. The van der Waals surface area contributed by atoms with E-state index in [-0.39, 0.29) is 23.8 Å². The molecular formula is C16H22N4O3. The Morgan fingerprint density at radius 1 is 1.30 bits per heavy atom. The van der Waals surface area contributed by atoms with E-state index in [0.717, 1.165) is 5.69 Å². The standard InChI is InChI=1S/C16H22N4O3/c1-16(2,3)23-15(22)19-7-10-8-20(14(21)12(10)9-19)11-4-5-13(17)18-6-11/h4-6,10,12H,7-9H2,1-3H3,(H2,17,18)/t10-,12-/m1/s1. The number of amides is 2. The highest BCUT2D eigenvalue weighted by molar-refractivity contribution is 5.98. The first-order valence-electron chi connectivity index (χ1n) is 7.75. The van der Waals surface area contributed by atoms with Crippen molar-refractivity contribution in [3.8, 4) is 0 Å². The maximum atomic E-state index is 12.6. The average molecular weight is 318 g/mol. The van der Waals surface area contributed by atoms with Gasteiger partial charge in [-0.25, -0.2) is 9.78 Å². The Labute approximate surface area is 135 Å². The fraction of sp³-hybridized carbons (Fsp3) is 0.562. The molecule has 2 atom stereocenters. The van der Waals surface area contributed by atoms with Gasteiger partial charge in [-0.2, -0.15) is 0 Å². The fourth-order valence-electron chi connectivity index (χ4n) is 3.13. The van der Waals surface area contributed by atoms with Crippen molar-refractivity contribution in [1.29, 1.82) is 0 Å². The number of ether oxygens (including phenoxy) is 1. The van der Waals surface area contributed by atoms with Crippen molar-refractivity contribution in [2.24, 2.45) is 11.8 Å². The van der Waals surface area contributed by atoms with Gasteiger partial charge in [-0.3, -0.25) is 4.79 Å². The first kappa shape index (κ1) is 15.6. The number of hydrogen-bond acceptors (Lipinski definition) is 5. The lowest BCUT2D eigenvalue weighted by Gasteiger charge is -2.26. The number of aromatic nitrogens is 1. The Bertz CT molecular complexity index is 623. The van der Waals surface area contributed by atoms with Crippen molar-refractivity contribution in [3.63, 3.8) is 0 Å². The van der Waals surface area contributed by atoms with Gasteiger partial charge in [0.2, 0.25) is 5.91 Å². The number of pyridine rings is 1. The van der Waals surface area contributed by atoms with Crippen molar-refractivity contribution in [2.75, 3.05) is 30.3 Å². The van der Waals surface area contributed by atoms with Gasteiger partial charge >= 0.3 is 6.09 Å². The lowest BCUT2D eigenvalue weighted by Crippen LogP contribution is -2.38. The van der Waals surface area contributed by atoms with Crippen molar-refractivity contribution in [2.45, 2.75) is 26.4 Å². The van der Waals surface area contributed by atoms with E-state index >= 15 is 0 Å².